The van der Waals surface area contributed by atoms with E-state index in [0.717, 1.165) is 6.54 Å². The van der Waals surface area contributed by atoms with Crippen molar-refractivity contribution in [2.24, 2.45) is 0 Å². The quantitative estimate of drug-likeness (QED) is 0.803. The lowest BCUT2D eigenvalue weighted by Gasteiger charge is -2.32. The molecule has 1 rings (SSSR count). The Balaban J connectivity index is 2.71. The first-order chi connectivity index (χ1) is 8.36. The Morgan fingerprint density at radius 2 is 2.28 bits per heavy atom. The van der Waals surface area contributed by atoms with Gasteiger partial charge in [0.1, 0.15) is 0 Å². The zero-order valence-electron chi connectivity index (χ0n) is 11.3. The van der Waals surface area contributed by atoms with Gasteiger partial charge in [0, 0.05) is 24.0 Å². The molecule has 0 saturated heterocycles. The number of carbonyl (C=O) groups is 1. The Bertz CT molecular complexity index is 374. The topological polar surface area (TPSA) is 49.8 Å². The lowest BCUT2D eigenvalue weighted by molar-refractivity contribution is -0.162. The number of hydrogen-bond donors (Lipinski definition) is 1. The van der Waals surface area contributed by atoms with Gasteiger partial charge >= 0.3 is 5.97 Å². The van der Waals surface area contributed by atoms with Gasteiger partial charge in [-0.05, 0) is 32.2 Å². The minimum absolute atomic E-state index is 0.239. The summed E-state index contributed by atoms with van der Waals surface area (Å²) in [6.07, 6.45) is 0. The average Bonchev–Trinajstić information content (AvgIpc) is 2.79. The molecule has 1 unspecified atom stereocenters. The van der Waals surface area contributed by atoms with Gasteiger partial charge in [-0.3, -0.25) is 4.90 Å². The number of aliphatic hydroxyl groups is 1. The second-order valence-electron chi connectivity index (χ2n) is 4.84. The highest BCUT2D eigenvalue weighted by Crippen LogP contribution is 2.17. The zero-order valence-corrected chi connectivity index (χ0v) is 12.2. The van der Waals surface area contributed by atoms with Crippen molar-refractivity contribution in [3.63, 3.8) is 0 Å². The number of rotatable bonds is 6. The maximum Gasteiger partial charge on any atom is 0.338 e. The molecule has 4 nitrogen and oxygen atoms in total. The van der Waals surface area contributed by atoms with Gasteiger partial charge in [-0.2, -0.15) is 0 Å². The van der Waals surface area contributed by atoms with Crippen LogP contribution < -0.4 is 0 Å². The van der Waals surface area contributed by atoms with E-state index in [9.17, 15) is 9.90 Å². The number of esters is 1. The van der Waals surface area contributed by atoms with Crippen molar-refractivity contribution in [1.29, 1.82) is 0 Å². The van der Waals surface area contributed by atoms with Crippen LogP contribution in [0.15, 0.2) is 17.5 Å². The van der Waals surface area contributed by atoms with E-state index < -0.39 is 11.6 Å². The lowest BCUT2D eigenvalue weighted by atomic mass is 10.1. The van der Waals surface area contributed by atoms with Crippen molar-refractivity contribution in [3.05, 3.63) is 22.4 Å². The van der Waals surface area contributed by atoms with E-state index in [1.165, 1.54) is 18.9 Å². The molecule has 5 heteroatoms. The van der Waals surface area contributed by atoms with E-state index in [1.807, 2.05) is 31.4 Å². The van der Waals surface area contributed by atoms with Gasteiger partial charge in [0.25, 0.3) is 0 Å². The predicted octanol–water partition coefficient (Wildman–Crippen LogP) is 1.88. The monoisotopic (exact) mass is 271 g/mol. The third-order valence-electron chi connectivity index (χ3n) is 2.81. The molecule has 0 aliphatic carbocycles. The molecule has 1 aromatic heterocycles. The number of methoxy groups -OCH3 is 1. The first-order valence-electron chi connectivity index (χ1n) is 5.94. The standard InChI is InChI=1S/C13H21NO3S/c1-10(2)14(8-11-6-5-7-18-11)9-13(3,16)12(15)17-4/h5-7,10,16H,8-9H2,1-4H3. The molecule has 0 amide bonds. The summed E-state index contributed by atoms with van der Waals surface area (Å²) in [7, 11) is 1.29. The van der Waals surface area contributed by atoms with E-state index in [-0.39, 0.29) is 12.6 Å². The second kappa shape index (κ2) is 6.31. The van der Waals surface area contributed by atoms with Crippen molar-refractivity contribution >= 4 is 17.3 Å². The van der Waals surface area contributed by atoms with E-state index in [4.69, 9.17) is 0 Å². The van der Waals surface area contributed by atoms with Crippen LogP contribution in [0.1, 0.15) is 25.6 Å². The first kappa shape index (κ1) is 15.1. The molecule has 0 fully saturated rings. The highest BCUT2D eigenvalue weighted by molar-refractivity contribution is 7.09. The summed E-state index contributed by atoms with van der Waals surface area (Å²) < 4.78 is 4.62. The van der Waals surface area contributed by atoms with Crippen LogP contribution in [0.4, 0.5) is 0 Å². The van der Waals surface area contributed by atoms with Gasteiger partial charge in [0.05, 0.1) is 7.11 Å². The van der Waals surface area contributed by atoms with Crippen molar-refractivity contribution in [3.8, 4) is 0 Å². The minimum Gasteiger partial charge on any atom is -0.467 e. The molecule has 1 N–H and O–H groups in total. The normalized spacial score (nSPS) is 14.8. The third kappa shape index (κ3) is 4.08. The van der Waals surface area contributed by atoms with Crippen LogP contribution in [0.2, 0.25) is 0 Å². The summed E-state index contributed by atoms with van der Waals surface area (Å²) >= 11 is 1.67. The molecule has 0 aromatic carbocycles. The number of carbonyl (C=O) groups excluding carboxylic acids is 1. The Morgan fingerprint density at radius 1 is 1.61 bits per heavy atom. The van der Waals surface area contributed by atoms with E-state index in [2.05, 4.69) is 9.64 Å². The smallest absolute Gasteiger partial charge is 0.338 e. The van der Waals surface area contributed by atoms with Gasteiger partial charge in [-0.15, -0.1) is 11.3 Å². The fraction of sp³-hybridized carbons (Fsp3) is 0.615. The minimum atomic E-state index is -1.48. The largest absolute Gasteiger partial charge is 0.467 e. The summed E-state index contributed by atoms with van der Waals surface area (Å²) in [6, 6.07) is 4.28. The van der Waals surface area contributed by atoms with Gasteiger partial charge in [-0.1, -0.05) is 6.07 Å². The van der Waals surface area contributed by atoms with Crippen LogP contribution in [0.3, 0.4) is 0 Å². The van der Waals surface area contributed by atoms with Crippen LogP contribution in [-0.2, 0) is 16.1 Å². The van der Waals surface area contributed by atoms with E-state index in [1.54, 1.807) is 11.3 Å². The summed E-state index contributed by atoms with van der Waals surface area (Å²) in [5, 5.41) is 12.1. The van der Waals surface area contributed by atoms with Crippen LogP contribution in [-0.4, -0.2) is 41.3 Å². The Labute approximate surface area is 112 Å². The molecule has 1 heterocycles. The Kier molecular flexibility index (Phi) is 5.31. The summed E-state index contributed by atoms with van der Waals surface area (Å²) in [5.41, 5.74) is -1.48. The molecular weight excluding hydrogens is 250 g/mol. The number of hydrogen-bond acceptors (Lipinski definition) is 5. The van der Waals surface area contributed by atoms with Crippen LogP contribution in [0, 0.1) is 0 Å². The fourth-order valence-corrected chi connectivity index (χ4v) is 2.43. The third-order valence-corrected chi connectivity index (χ3v) is 3.67. The van der Waals surface area contributed by atoms with E-state index >= 15 is 0 Å². The van der Waals surface area contributed by atoms with Gasteiger partial charge < -0.3 is 9.84 Å². The van der Waals surface area contributed by atoms with Crippen molar-refractivity contribution in [2.45, 2.75) is 39.0 Å². The van der Waals surface area contributed by atoms with E-state index in [0.29, 0.717) is 0 Å². The Morgan fingerprint density at radius 3 is 2.72 bits per heavy atom. The zero-order chi connectivity index (χ0) is 13.8. The predicted molar refractivity (Wildman–Crippen MR) is 72.5 cm³/mol. The Hall–Kier alpha value is -0.910. The molecule has 1 aromatic rings. The molecule has 0 saturated carbocycles. The number of thiophene rings is 1. The summed E-state index contributed by atoms with van der Waals surface area (Å²) in [5.74, 6) is -0.598. The molecule has 18 heavy (non-hydrogen) atoms. The van der Waals surface area contributed by atoms with Gasteiger partial charge in [0.2, 0.25) is 0 Å². The van der Waals surface area contributed by atoms with Gasteiger partial charge in [-0.25, -0.2) is 4.79 Å². The fourth-order valence-electron chi connectivity index (χ4n) is 1.70. The summed E-state index contributed by atoms with van der Waals surface area (Å²) in [6.45, 7) is 6.56. The van der Waals surface area contributed by atoms with Gasteiger partial charge in [0.15, 0.2) is 5.60 Å². The molecule has 0 aliphatic rings. The SMILES string of the molecule is COC(=O)C(C)(O)CN(Cc1cccs1)C(C)C. The first-order valence-corrected chi connectivity index (χ1v) is 6.82. The van der Waals surface area contributed by atoms with Crippen LogP contribution >= 0.6 is 11.3 Å². The number of nitrogens with zero attached hydrogens (tertiary/aromatic N) is 1. The maximum atomic E-state index is 11.5. The molecule has 0 radical (unpaired) electrons. The molecule has 1 atom stereocenters. The maximum absolute atomic E-state index is 11.5. The highest BCUT2D eigenvalue weighted by Gasteiger charge is 2.34. The second-order valence-corrected chi connectivity index (χ2v) is 5.88. The van der Waals surface area contributed by atoms with Crippen molar-refractivity contribution in [1.82, 2.24) is 4.90 Å². The number of ether oxygens (including phenoxy) is 1. The molecule has 0 aliphatic heterocycles. The van der Waals surface area contributed by atoms with Crippen molar-refractivity contribution in [2.75, 3.05) is 13.7 Å². The highest BCUT2D eigenvalue weighted by atomic mass is 32.1. The summed E-state index contributed by atoms with van der Waals surface area (Å²) in [4.78, 5) is 14.8. The molecular formula is C13H21NO3S. The molecule has 0 bridgehead atoms. The van der Waals surface area contributed by atoms with Crippen molar-refractivity contribution < 1.29 is 14.6 Å². The van der Waals surface area contributed by atoms with Crippen LogP contribution in [0.25, 0.3) is 0 Å². The van der Waals surface area contributed by atoms with Crippen LogP contribution in [0.5, 0.6) is 0 Å². The lowest BCUT2D eigenvalue weighted by Crippen LogP contribution is -2.49. The average molecular weight is 271 g/mol. The molecule has 102 valence electrons. The molecule has 0 spiro atoms.